The van der Waals surface area contributed by atoms with Crippen LogP contribution in [0.3, 0.4) is 0 Å². The minimum absolute atomic E-state index is 0.0277. The summed E-state index contributed by atoms with van der Waals surface area (Å²) < 4.78 is 4.77. The highest BCUT2D eigenvalue weighted by atomic mass is 16.5. The van der Waals surface area contributed by atoms with Crippen molar-refractivity contribution in [2.24, 2.45) is 0 Å². The number of hydrogen-bond donors (Lipinski definition) is 2. The van der Waals surface area contributed by atoms with Gasteiger partial charge in [0.1, 0.15) is 6.61 Å². The van der Waals surface area contributed by atoms with E-state index in [9.17, 15) is 9.59 Å². The fourth-order valence-electron chi connectivity index (χ4n) is 1.49. The zero-order valence-electron chi connectivity index (χ0n) is 11.0. The molecule has 0 heterocycles. The molecule has 0 saturated carbocycles. The summed E-state index contributed by atoms with van der Waals surface area (Å²) in [6, 6.07) is 4.85. The predicted molar refractivity (Wildman–Crippen MR) is 72.7 cm³/mol. The van der Waals surface area contributed by atoms with Crippen molar-refractivity contribution < 1.29 is 19.4 Å². The van der Waals surface area contributed by atoms with Gasteiger partial charge in [0, 0.05) is 0 Å². The molecule has 0 unspecified atom stereocenters. The van der Waals surface area contributed by atoms with E-state index in [1.807, 2.05) is 13.8 Å². The maximum absolute atomic E-state index is 11.5. The molecule has 102 valence electrons. The Balaban J connectivity index is 3.00. The molecule has 1 amide bonds. The van der Waals surface area contributed by atoms with E-state index in [-0.39, 0.29) is 23.8 Å². The number of carbonyl (C=O) groups excluding carboxylic acids is 1. The molecular formula is C14H17NO4. The molecule has 1 aromatic rings. The monoisotopic (exact) mass is 263 g/mol. The first-order valence-electron chi connectivity index (χ1n) is 5.87. The molecule has 1 rings (SSSR count). The summed E-state index contributed by atoms with van der Waals surface area (Å²) in [5.74, 6) is -0.873. The fourth-order valence-corrected chi connectivity index (χ4v) is 1.49. The normalized spacial score (nSPS) is 10.1. The maximum atomic E-state index is 11.5. The third kappa shape index (κ3) is 4.13. The number of ether oxygens (including phenoxy) is 1. The largest absolute Gasteiger partial charge is 0.478 e. The fraction of sp³-hybridized carbons (Fsp3) is 0.286. The van der Waals surface area contributed by atoms with E-state index in [0.29, 0.717) is 0 Å². The summed E-state index contributed by atoms with van der Waals surface area (Å²) in [5, 5.41) is 11.5. The molecule has 0 aliphatic rings. The molecule has 0 radical (unpaired) electrons. The lowest BCUT2D eigenvalue weighted by Crippen LogP contribution is -2.16. The molecule has 0 saturated heterocycles. The molecule has 0 aliphatic carbocycles. The zero-order chi connectivity index (χ0) is 14.4. The Bertz CT molecular complexity index is 494. The zero-order valence-corrected chi connectivity index (χ0v) is 11.0. The third-order valence-electron chi connectivity index (χ3n) is 2.51. The van der Waals surface area contributed by atoms with Crippen molar-refractivity contribution in [3.63, 3.8) is 0 Å². The summed E-state index contributed by atoms with van der Waals surface area (Å²) in [7, 11) is 0. The molecule has 0 atom stereocenters. The number of carbonyl (C=O) groups is 2. The van der Waals surface area contributed by atoms with Gasteiger partial charge in [-0.3, -0.25) is 5.32 Å². The maximum Gasteiger partial charge on any atom is 0.411 e. The van der Waals surface area contributed by atoms with Crippen molar-refractivity contribution in [3.8, 4) is 0 Å². The van der Waals surface area contributed by atoms with E-state index >= 15 is 0 Å². The summed E-state index contributed by atoms with van der Waals surface area (Å²) in [5.41, 5.74) is 1.19. The van der Waals surface area contributed by atoms with Crippen LogP contribution in [0.4, 0.5) is 10.5 Å². The minimum atomic E-state index is -1.10. The quantitative estimate of drug-likeness (QED) is 0.799. The first kappa shape index (κ1) is 14.8. The van der Waals surface area contributed by atoms with Gasteiger partial charge in [-0.25, -0.2) is 9.59 Å². The first-order valence-corrected chi connectivity index (χ1v) is 5.87. The molecule has 5 heteroatoms. The van der Waals surface area contributed by atoms with Crippen molar-refractivity contribution in [1.82, 2.24) is 0 Å². The Hall–Kier alpha value is -2.30. The van der Waals surface area contributed by atoms with E-state index < -0.39 is 12.1 Å². The molecule has 0 bridgehead atoms. The van der Waals surface area contributed by atoms with Gasteiger partial charge in [0.15, 0.2) is 0 Å². The van der Waals surface area contributed by atoms with Crippen LogP contribution in [0.1, 0.15) is 35.7 Å². The number of aromatic carboxylic acids is 1. The van der Waals surface area contributed by atoms with E-state index in [4.69, 9.17) is 9.84 Å². The Labute approximate surface area is 111 Å². The van der Waals surface area contributed by atoms with Crippen LogP contribution in [0.25, 0.3) is 0 Å². The second kappa shape index (κ2) is 6.58. The van der Waals surface area contributed by atoms with Gasteiger partial charge in [0.2, 0.25) is 0 Å². The van der Waals surface area contributed by atoms with Crippen LogP contribution >= 0.6 is 0 Å². The standard InChI is InChI=1S/C14H17NO4/c1-4-7-19-14(18)15-12-8-10(9(2)3)5-6-11(12)13(16)17/h4-6,8-9H,1,7H2,2-3H3,(H,15,18)(H,16,17). The van der Waals surface area contributed by atoms with Gasteiger partial charge in [0.25, 0.3) is 0 Å². The number of rotatable bonds is 5. The lowest BCUT2D eigenvalue weighted by Gasteiger charge is -2.12. The average molecular weight is 263 g/mol. The number of anilines is 1. The van der Waals surface area contributed by atoms with Gasteiger partial charge in [-0.1, -0.05) is 32.6 Å². The highest BCUT2D eigenvalue weighted by Gasteiger charge is 2.14. The number of benzene rings is 1. The van der Waals surface area contributed by atoms with Crippen LogP contribution in [0.5, 0.6) is 0 Å². The second-order valence-corrected chi connectivity index (χ2v) is 4.28. The lowest BCUT2D eigenvalue weighted by atomic mass is 10.0. The summed E-state index contributed by atoms with van der Waals surface area (Å²) in [6.45, 7) is 7.45. The number of nitrogens with one attached hydrogen (secondary N) is 1. The molecule has 5 nitrogen and oxygen atoms in total. The molecule has 0 fully saturated rings. The van der Waals surface area contributed by atoms with Crippen LogP contribution in [0.15, 0.2) is 30.9 Å². The SMILES string of the molecule is C=CCOC(=O)Nc1cc(C(C)C)ccc1C(=O)O. The van der Waals surface area contributed by atoms with E-state index in [0.717, 1.165) is 5.56 Å². The number of amides is 1. The lowest BCUT2D eigenvalue weighted by molar-refractivity contribution is 0.0698. The van der Waals surface area contributed by atoms with Gasteiger partial charge in [0.05, 0.1) is 11.3 Å². The minimum Gasteiger partial charge on any atom is -0.478 e. The number of hydrogen-bond acceptors (Lipinski definition) is 3. The first-order chi connectivity index (χ1) is 8.95. The molecular weight excluding hydrogens is 246 g/mol. The third-order valence-corrected chi connectivity index (χ3v) is 2.51. The Morgan fingerprint density at radius 1 is 1.47 bits per heavy atom. The smallest absolute Gasteiger partial charge is 0.411 e. The molecule has 0 aliphatic heterocycles. The van der Waals surface area contributed by atoms with Crippen molar-refractivity contribution in [1.29, 1.82) is 0 Å². The predicted octanol–water partition coefficient (Wildman–Crippen LogP) is 3.24. The number of carboxylic acid groups (broad SMARTS) is 1. The van der Waals surface area contributed by atoms with Gasteiger partial charge in [-0.05, 0) is 23.6 Å². The Morgan fingerprint density at radius 2 is 2.16 bits per heavy atom. The van der Waals surface area contributed by atoms with Crippen LogP contribution in [0, 0.1) is 0 Å². The molecule has 19 heavy (non-hydrogen) atoms. The van der Waals surface area contributed by atoms with Gasteiger partial charge in [-0.15, -0.1) is 0 Å². The van der Waals surface area contributed by atoms with Gasteiger partial charge in [-0.2, -0.15) is 0 Å². The van der Waals surface area contributed by atoms with E-state index in [1.165, 1.54) is 12.1 Å². The van der Waals surface area contributed by atoms with E-state index in [2.05, 4.69) is 11.9 Å². The molecule has 0 aromatic heterocycles. The Morgan fingerprint density at radius 3 is 2.68 bits per heavy atom. The second-order valence-electron chi connectivity index (χ2n) is 4.28. The van der Waals surface area contributed by atoms with E-state index in [1.54, 1.807) is 12.1 Å². The summed E-state index contributed by atoms with van der Waals surface area (Å²) in [4.78, 5) is 22.5. The molecule has 0 spiro atoms. The highest BCUT2D eigenvalue weighted by Crippen LogP contribution is 2.23. The Kier molecular flexibility index (Phi) is 5.11. The van der Waals surface area contributed by atoms with Crippen LogP contribution in [-0.2, 0) is 4.74 Å². The van der Waals surface area contributed by atoms with Crippen LogP contribution in [-0.4, -0.2) is 23.8 Å². The van der Waals surface area contributed by atoms with Crippen molar-refractivity contribution >= 4 is 17.7 Å². The van der Waals surface area contributed by atoms with Crippen molar-refractivity contribution in [2.45, 2.75) is 19.8 Å². The highest BCUT2D eigenvalue weighted by molar-refractivity contribution is 5.98. The topological polar surface area (TPSA) is 75.6 Å². The molecule has 1 aromatic carbocycles. The van der Waals surface area contributed by atoms with Crippen LogP contribution < -0.4 is 5.32 Å². The van der Waals surface area contributed by atoms with Crippen LogP contribution in [0.2, 0.25) is 0 Å². The number of carboxylic acids is 1. The van der Waals surface area contributed by atoms with Crippen molar-refractivity contribution in [2.75, 3.05) is 11.9 Å². The summed E-state index contributed by atoms with van der Waals surface area (Å²) in [6.07, 6.45) is 0.727. The van der Waals surface area contributed by atoms with Crippen molar-refractivity contribution in [3.05, 3.63) is 42.0 Å². The summed E-state index contributed by atoms with van der Waals surface area (Å²) >= 11 is 0. The van der Waals surface area contributed by atoms with Gasteiger partial charge >= 0.3 is 12.1 Å². The van der Waals surface area contributed by atoms with Gasteiger partial charge < -0.3 is 9.84 Å². The average Bonchev–Trinajstić information content (AvgIpc) is 2.35. The molecule has 2 N–H and O–H groups in total.